The van der Waals surface area contributed by atoms with Gasteiger partial charge in [0.05, 0.1) is 0 Å². The van der Waals surface area contributed by atoms with Crippen LogP contribution >= 0.6 is 0 Å². The molecule has 0 N–H and O–H groups in total. The van der Waals surface area contributed by atoms with Gasteiger partial charge in [-0.15, -0.1) is 0 Å². The molecule has 0 heterocycles. The lowest BCUT2D eigenvalue weighted by molar-refractivity contribution is -0.167. The third-order valence-corrected chi connectivity index (χ3v) is 11.8. The lowest BCUT2D eigenvalue weighted by atomic mass is 10.0. The van der Waals surface area contributed by atoms with Gasteiger partial charge in [0, 0.05) is 19.3 Å². The van der Waals surface area contributed by atoms with Gasteiger partial charge in [0.2, 0.25) is 0 Å². The maximum Gasteiger partial charge on any atom is 0.306 e. The van der Waals surface area contributed by atoms with Gasteiger partial charge in [0.1, 0.15) is 13.2 Å². The van der Waals surface area contributed by atoms with E-state index >= 15 is 0 Å². The van der Waals surface area contributed by atoms with E-state index in [1.54, 1.807) is 0 Å². The van der Waals surface area contributed by atoms with Gasteiger partial charge in [0.25, 0.3) is 0 Å². The summed E-state index contributed by atoms with van der Waals surface area (Å²) in [5.41, 5.74) is 0. The number of hydrogen-bond acceptors (Lipinski definition) is 6. The van der Waals surface area contributed by atoms with Gasteiger partial charge in [-0.1, -0.05) is 238 Å². The van der Waals surface area contributed by atoms with Crippen molar-refractivity contribution in [3.05, 3.63) is 12.2 Å². The topological polar surface area (TPSA) is 78.9 Å². The van der Waals surface area contributed by atoms with Crippen molar-refractivity contribution >= 4 is 17.9 Å². The van der Waals surface area contributed by atoms with E-state index in [1.165, 1.54) is 186 Å². The Hall–Kier alpha value is -1.85. The lowest BCUT2D eigenvalue weighted by Crippen LogP contribution is -2.30. The second-order valence-electron chi connectivity index (χ2n) is 17.8. The lowest BCUT2D eigenvalue weighted by Gasteiger charge is -2.18. The molecule has 0 aromatic rings. The van der Waals surface area contributed by atoms with Crippen LogP contribution < -0.4 is 0 Å². The number of carbonyl (C=O) groups excluding carboxylic acids is 3. The number of unbranched alkanes of at least 4 members (excludes halogenated alkanes) is 35. The molecule has 59 heavy (non-hydrogen) atoms. The van der Waals surface area contributed by atoms with Crippen LogP contribution in [0.15, 0.2) is 12.2 Å². The van der Waals surface area contributed by atoms with Crippen molar-refractivity contribution in [1.82, 2.24) is 0 Å². The highest BCUT2D eigenvalue weighted by Crippen LogP contribution is 2.16. The van der Waals surface area contributed by atoms with Gasteiger partial charge in [-0.3, -0.25) is 14.4 Å². The Balaban J connectivity index is 4.34. The third-order valence-electron chi connectivity index (χ3n) is 11.8. The number of ether oxygens (including phenoxy) is 3. The Morgan fingerprint density at radius 3 is 0.847 bits per heavy atom. The summed E-state index contributed by atoms with van der Waals surface area (Å²) < 4.78 is 16.8. The molecule has 0 saturated heterocycles. The first kappa shape index (κ1) is 57.1. The first-order valence-corrected chi connectivity index (χ1v) is 26.2. The van der Waals surface area contributed by atoms with Crippen LogP contribution in [0, 0.1) is 0 Å². The number of allylic oxidation sites excluding steroid dienone is 2. The SMILES string of the molecule is CCCCCCCCC=CCCCCCCCC(=O)OC(COC(=O)CCCCCCCCCCCCCCC)COC(=O)CCCCCCCCCCCCCCC. The minimum atomic E-state index is -0.767. The molecule has 0 bridgehead atoms. The quantitative estimate of drug-likeness (QED) is 0.0263. The van der Waals surface area contributed by atoms with Crippen molar-refractivity contribution < 1.29 is 28.6 Å². The van der Waals surface area contributed by atoms with Gasteiger partial charge in [0.15, 0.2) is 6.10 Å². The second kappa shape index (κ2) is 48.8. The minimum Gasteiger partial charge on any atom is -0.462 e. The molecule has 0 unspecified atom stereocenters. The fourth-order valence-electron chi connectivity index (χ4n) is 7.79. The predicted molar refractivity (Wildman–Crippen MR) is 252 cm³/mol. The van der Waals surface area contributed by atoms with E-state index < -0.39 is 6.10 Å². The summed E-state index contributed by atoms with van der Waals surface area (Å²) in [5.74, 6) is -0.859. The Labute approximate surface area is 367 Å². The molecule has 0 fully saturated rings. The van der Waals surface area contributed by atoms with E-state index in [9.17, 15) is 14.4 Å². The average Bonchev–Trinajstić information content (AvgIpc) is 3.23. The first-order valence-electron chi connectivity index (χ1n) is 26.2. The monoisotopic (exact) mass is 833 g/mol. The van der Waals surface area contributed by atoms with Crippen molar-refractivity contribution in [2.24, 2.45) is 0 Å². The van der Waals surface area contributed by atoms with Gasteiger partial charge in [-0.05, 0) is 44.9 Å². The normalized spacial score (nSPS) is 11.5. The summed E-state index contributed by atoms with van der Waals surface area (Å²) in [6.45, 7) is 6.66. The van der Waals surface area contributed by atoms with Crippen molar-refractivity contribution in [2.45, 2.75) is 297 Å². The molecule has 6 nitrogen and oxygen atoms in total. The van der Waals surface area contributed by atoms with Crippen LogP contribution in [0.4, 0.5) is 0 Å². The minimum absolute atomic E-state index is 0.0680. The number of rotatable bonds is 48. The van der Waals surface area contributed by atoms with Crippen molar-refractivity contribution in [2.75, 3.05) is 13.2 Å². The predicted octanol–water partition coefficient (Wildman–Crippen LogP) is 17.0. The van der Waals surface area contributed by atoms with Gasteiger partial charge < -0.3 is 14.2 Å². The highest BCUT2D eigenvalue weighted by Gasteiger charge is 2.19. The molecule has 0 atom stereocenters. The van der Waals surface area contributed by atoms with Gasteiger partial charge in [-0.25, -0.2) is 0 Å². The summed E-state index contributed by atoms with van der Waals surface area (Å²) in [5, 5.41) is 0. The molecule has 348 valence electrons. The molecule has 0 aliphatic heterocycles. The molecule has 0 aliphatic rings. The molecule has 0 aliphatic carbocycles. The average molecular weight is 833 g/mol. The number of carbonyl (C=O) groups is 3. The Bertz CT molecular complexity index is 870. The van der Waals surface area contributed by atoms with Crippen LogP contribution in [0.25, 0.3) is 0 Å². The number of esters is 3. The summed E-state index contributed by atoms with van der Waals surface area (Å²) in [7, 11) is 0. The molecule has 6 heteroatoms. The molecule has 0 saturated carbocycles. The fraction of sp³-hybridized carbons (Fsp3) is 0.906. The van der Waals surface area contributed by atoms with Crippen molar-refractivity contribution in [3.63, 3.8) is 0 Å². The van der Waals surface area contributed by atoms with Gasteiger partial charge >= 0.3 is 17.9 Å². The molecule has 0 aromatic heterocycles. The van der Waals surface area contributed by atoms with E-state index in [1.807, 2.05) is 0 Å². The standard InChI is InChI=1S/C53H100O6/c1-4-7-10-13-16-19-22-25-26-29-32-35-38-41-44-47-53(56)59-50(48-57-51(54)45-42-39-36-33-30-27-23-20-17-14-11-8-5-2)49-58-52(55)46-43-40-37-34-31-28-24-21-18-15-12-9-6-3/h25-26,50H,4-24,27-49H2,1-3H3. The van der Waals surface area contributed by atoms with Crippen LogP contribution in [-0.4, -0.2) is 37.2 Å². The molecule has 0 radical (unpaired) electrons. The highest BCUT2D eigenvalue weighted by molar-refractivity contribution is 5.71. The summed E-state index contributed by atoms with van der Waals surface area (Å²) in [4.78, 5) is 37.9. The maximum absolute atomic E-state index is 12.8. The van der Waals surface area contributed by atoms with E-state index in [-0.39, 0.29) is 31.1 Å². The van der Waals surface area contributed by atoms with Gasteiger partial charge in [-0.2, -0.15) is 0 Å². The van der Waals surface area contributed by atoms with E-state index in [0.717, 1.165) is 64.2 Å². The summed E-state index contributed by atoms with van der Waals surface area (Å²) >= 11 is 0. The van der Waals surface area contributed by atoms with Crippen molar-refractivity contribution in [1.29, 1.82) is 0 Å². The zero-order valence-electron chi connectivity index (χ0n) is 39.8. The molecule has 0 rings (SSSR count). The van der Waals surface area contributed by atoms with Crippen molar-refractivity contribution in [3.8, 4) is 0 Å². The van der Waals surface area contributed by atoms with E-state index in [0.29, 0.717) is 19.3 Å². The third kappa shape index (κ3) is 47.1. The molecule has 0 spiro atoms. The molecular weight excluding hydrogens is 733 g/mol. The Kier molecular flexibility index (Phi) is 47.3. The Morgan fingerprint density at radius 2 is 0.559 bits per heavy atom. The zero-order valence-corrected chi connectivity index (χ0v) is 39.8. The van der Waals surface area contributed by atoms with Crippen LogP contribution in [-0.2, 0) is 28.6 Å². The maximum atomic E-state index is 12.8. The number of hydrogen-bond donors (Lipinski definition) is 0. The van der Waals surface area contributed by atoms with E-state index in [4.69, 9.17) is 14.2 Å². The first-order chi connectivity index (χ1) is 29.0. The smallest absolute Gasteiger partial charge is 0.306 e. The summed E-state index contributed by atoms with van der Waals surface area (Å²) in [6, 6.07) is 0. The Morgan fingerprint density at radius 1 is 0.322 bits per heavy atom. The zero-order chi connectivity index (χ0) is 43.0. The van der Waals surface area contributed by atoms with Crippen LogP contribution in [0.2, 0.25) is 0 Å². The van der Waals surface area contributed by atoms with Crippen LogP contribution in [0.5, 0.6) is 0 Å². The van der Waals surface area contributed by atoms with Crippen LogP contribution in [0.1, 0.15) is 290 Å². The summed E-state index contributed by atoms with van der Waals surface area (Å²) in [6.07, 6.45) is 53.3. The molecular formula is C53H100O6. The largest absolute Gasteiger partial charge is 0.462 e. The van der Waals surface area contributed by atoms with E-state index in [2.05, 4.69) is 32.9 Å². The molecule has 0 aromatic carbocycles. The fourth-order valence-corrected chi connectivity index (χ4v) is 7.79. The highest BCUT2D eigenvalue weighted by atomic mass is 16.6. The van der Waals surface area contributed by atoms with Crippen LogP contribution in [0.3, 0.4) is 0 Å². The second-order valence-corrected chi connectivity index (χ2v) is 17.8. The molecule has 0 amide bonds.